The minimum absolute atomic E-state index is 0. The summed E-state index contributed by atoms with van der Waals surface area (Å²) in [5.41, 5.74) is -1.52. The number of carbonyl (C=O) groups is 2. The van der Waals surface area contributed by atoms with Crippen LogP contribution in [0, 0.1) is 10.8 Å². The first-order valence-corrected chi connectivity index (χ1v) is 7.71. The number of esters is 2. The Labute approximate surface area is 146 Å². The second-order valence-electron chi connectivity index (χ2n) is 6.33. The van der Waals surface area contributed by atoms with Crippen LogP contribution >= 0.6 is 7.82 Å². The van der Waals surface area contributed by atoms with Crippen molar-refractivity contribution in [2.45, 2.75) is 41.5 Å². The molecule has 1 N–H and O–H groups in total. The zero-order valence-corrected chi connectivity index (χ0v) is 15.8. The molecule has 0 rings (SSSR count). The molecular weight excluding hydrogens is 411 g/mol. The van der Waals surface area contributed by atoms with E-state index < -0.39 is 44.2 Å². The van der Waals surface area contributed by atoms with Crippen molar-refractivity contribution in [3.63, 3.8) is 0 Å². The van der Waals surface area contributed by atoms with Crippen LogP contribution in [0.2, 0.25) is 0 Å². The van der Waals surface area contributed by atoms with Gasteiger partial charge in [0, 0.05) is 22.4 Å². The van der Waals surface area contributed by atoms with E-state index >= 15 is 0 Å². The van der Waals surface area contributed by atoms with Crippen LogP contribution in [0.1, 0.15) is 41.5 Å². The Morgan fingerprint density at radius 2 is 1.14 bits per heavy atom. The number of phosphoric ester groups is 1. The van der Waals surface area contributed by atoms with E-state index in [0.29, 0.717) is 0 Å². The third kappa shape index (κ3) is 10.5. The fraction of sp³-hybridized carbons (Fsp3) is 0.833. The van der Waals surface area contributed by atoms with Crippen molar-refractivity contribution in [1.29, 1.82) is 0 Å². The normalized spacial score (nSPS) is 12.3. The van der Waals surface area contributed by atoms with E-state index in [2.05, 4.69) is 18.5 Å². The number of rotatable bonds is 6. The van der Waals surface area contributed by atoms with Crippen molar-refractivity contribution >= 4 is 19.8 Å². The summed E-state index contributed by atoms with van der Waals surface area (Å²) < 4.78 is 29.5. The van der Waals surface area contributed by atoms with Crippen LogP contribution in [0.4, 0.5) is 0 Å². The van der Waals surface area contributed by atoms with Gasteiger partial charge in [-0.05, 0) is 41.5 Å². The third-order valence-electron chi connectivity index (χ3n) is 2.04. The van der Waals surface area contributed by atoms with Crippen LogP contribution in [0.3, 0.4) is 0 Å². The molecule has 135 valence electrons. The molecule has 1 radical (unpaired) electrons. The fourth-order valence-corrected chi connectivity index (χ4v) is 1.21. The molecule has 0 spiro atoms. The van der Waals surface area contributed by atoms with E-state index in [4.69, 9.17) is 0 Å². The summed E-state index contributed by atoms with van der Waals surface area (Å²) in [5.74, 6) is -1.19. The van der Waals surface area contributed by atoms with Gasteiger partial charge in [0.25, 0.3) is 0 Å². The van der Waals surface area contributed by atoms with Crippen molar-refractivity contribution in [2.75, 3.05) is 13.6 Å². The molecule has 0 aromatic rings. The van der Waals surface area contributed by atoms with Gasteiger partial charge in [-0.2, -0.15) is 0 Å². The first-order chi connectivity index (χ1) is 9.26. The van der Waals surface area contributed by atoms with Gasteiger partial charge in [-0.1, -0.05) is 0 Å². The van der Waals surface area contributed by atoms with Crippen molar-refractivity contribution in [2.24, 2.45) is 10.8 Å². The van der Waals surface area contributed by atoms with E-state index in [-0.39, 0.29) is 22.4 Å². The molecule has 0 saturated carbocycles. The summed E-state index contributed by atoms with van der Waals surface area (Å²) in [6, 6.07) is 0. The van der Waals surface area contributed by atoms with Crippen LogP contribution in [0.25, 0.3) is 0 Å². The molecule has 22 heavy (non-hydrogen) atoms. The molecule has 0 aliphatic carbocycles. The largest absolute Gasteiger partial charge is 0.478 e. The van der Waals surface area contributed by atoms with Crippen LogP contribution < -0.4 is 0 Å². The minimum atomic E-state index is -4.46. The molecule has 10 heteroatoms. The van der Waals surface area contributed by atoms with E-state index in [1.807, 2.05) is 0 Å². The maximum atomic E-state index is 11.4. The van der Waals surface area contributed by atoms with Crippen LogP contribution in [0.5, 0.6) is 0 Å². The molecule has 0 saturated heterocycles. The second-order valence-corrected chi connectivity index (χ2v) is 7.78. The molecule has 0 aliphatic rings. The Morgan fingerprint density at radius 1 is 0.864 bits per heavy atom. The molecular formula is C12H23AgO8P. The van der Waals surface area contributed by atoms with Gasteiger partial charge in [0.2, 0.25) is 13.6 Å². The number of hydrogen-bond acceptors (Lipinski definition) is 7. The van der Waals surface area contributed by atoms with Crippen LogP contribution in [-0.2, 0) is 55.1 Å². The Hall–Kier alpha value is -0.210. The van der Waals surface area contributed by atoms with Crippen molar-refractivity contribution < 1.29 is 59.9 Å². The van der Waals surface area contributed by atoms with Gasteiger partial charge >= 0.3 is 19.8 Å². The number of hydrogen-bond donors (Lipinski definition) is 1. The van der Waals surface area contributed by atoms with Crippen LogP contribution in [-0.4, -0.2) is 30.4 Å². The van der Waals surface area contributed by atoms with Crippen LogP contribution in [0.15, 0.2) is 0 Å². The average molecular weight is 434 g/mol. The topological polar surface area (TPSA) is 108 Å². The molecule has 0 heterocycles. The Morgan fingerprint density at radius 3 is 1.36 bits per heavy atom. The first-order valence-electron chi connectivity index (χ1n) is 6.22. The van der Waals surface area contributed by atoms with Gasteiger partial charge < -0.3 is 14.4 Å². The molecule has 0 atom stereocenters. The zero-order chi connectivity index (χ0) is 16.9. The first kappa shape index (κ1) is 24.0. The molecule has 0 amide bonds. The predicted octanol–water partition coefficient (Wildman–Crippen LogP) is 2.21. The summed E-state index contributed by atoms with van der Waals surface area (Å²) in [6.45, 7) is 8.25. The fourth-order valence-electron chi connectivity index (χ4n) is 0.763. The summed E-state index contributed by atoms with van der Waals surface area (Å²) in [7, 11) is -4.46. The molecule has 0 aliphatic heterocycles. The molecule has 0 bridgehead atoms. The van der Waals surface area contributed by atoms with E-state index in [1.54, 1.807) is 41.5 Å². The Kier molecular flexibility index (Phi) is 10.0. The van der Waals surface area contributed by atoms with Crippen molar-refractivity contribution in [3.8, 4) is 0 Å². The van der Waals surface area contributed by atoms with E-state index in [0.717, 1.165) is 0 Å². The van der Waals surface area contributed by atoms with Gasteiger partial charge in [0.05, 0.1) is 10.8 Å². The zero-order valence-electron chi connectivity index (χ0n) is 13.5. The quantitative estimate of drug-likeness (QED) is 0.294. The summed E-state index contributed by atoms with van der Waals surface area (Å²) in [6.07, 6.45) is 0. The number of carbonyl (C=O) groups excluding carboxylic acids is 2. The third-order valence-corrected chi connectivity index (χ3v) is 2.90. The number of ether oxygens (including phenoxy) is 2. The smallest absolute Gasteiger partial charge is 0.437 e. The average Bonchev–Trinajstić information content (AvgIpc) is 2.25. The summed E-state index contributed by atoms with van der Waals surface area (Å²) in [5, 5.41) is 0. The van der Waals surface area contributed by atoms with Gasteiger partial charge in [-0.3, -0.25) is 9.59 Å². The molecule has 8 nitrogen and oxygen atoms in total. The Bertz CT molecular complexity index is 388. The molecule has 0 aromatic carbocycles. The number of phosphoric acid groups is 1. The Balaban J connectivity index is 0. The standard InChI is InChI=1S/C12H23O8P.Ag/c1-11(2,3)9(13)17-7-19-21(15,16)20-8-18-10(14)12(4,5)6;/h7-8H2,1-6H3,(H,15,16);. The maximum absolute atomic E-state index is 11.4. The minimum Gasteiger partial charge on any atom is -0.437 e. The second kappa shape index (κ2) is 9.18. The summed E-state index contributed by atoms with van der Waals surface area (Å²) >= 11 is 0. The van der Waals surface area contributed by atoms with Crippen molar-refractivity contribution in [3.05, 3.63) is 0 Å². The predicted molar refractivity (Wildman–Crippen MR) is 72.8 cm³/mol. The van der Waals surface area contributed by atoms with Gasteiger partial charge in [-0.25, -0.2) is 13.6 Å². The monoisotopic (exact) mass is 433 g/mol. The molecule has 0 fully saturated rings. The van der Waals surface area contributed by atoms with Gasteiger partial charge in [-0.15, -0.1) is 0 Å². The maximum Gasteiger partial charge on any atom is 0.478 e. The van der Waals surface area contributed by atoms with Gasteiger partial charge in [0.1, 0.15) is 0 Å². The van der Waals surface area contributed by atoms with Gasteiger partial charge in [0.15, 0.2) is 0 Å². The summed E-state index contributed by atoms with van der Waals surface area (Å²) in [4.78, 5) is 32.0. The molecule has 0 unspecified atom stereocenters. The molecule has 0 aromatic heterocycles. The van der Waals surface area contributed by atoms with E-state index in [9.17, 15) is 19.0 Å². The van der Waals surface area contributed by atoms with E-state index in [1.165, 1.54) is 0 Å². The SMILES string of the molecule is CC(C)(C)C(=O)OCOP(=O)(O)OCOC(=O)C(C)(C)C.[Ag]. The van der Waals surface area contributed by atoms with Crippen molar-refractivity contribution in [1.82, 2.24) is 0 Å².